The van der Waals surface area contributed by atoms with Gasteiger partial charge >= 0.3 is 0 Å². The topological polar surface area (TPSA) is 6.48 Å². The van der Waals surface area contributed by atoms with Crippen LogP contribution in [0.25, 0.3) is 39.0 Å². The van der Waals surface area contributed by atoms with Gasteiger partial charge in [-0.05, 0) is 131 Å². The summed E-state index contributed by atoms with van der Waals surface area (Å²) in [4.78, 5) is 4.66. The molecule has 0 unspecified atom stereocenters. The number of rotatable bonds is 11. The molecule has 0 fully saturated rings. The largest absolute Gasteiger partial charge is 0.311 e. The number of para-hydroxylation sites is 1. The number of benzene rings is 8. The van der Waals surface area contributed by atoms with E-state index in [-0.39, 0.29) is 0 Å². The molecule has 0 aliphatic carbocycles. The molecular formula is C54H44N2. The summed E-state index contributed by atoms with van der Waals surface area (Å²) >= 11 is 0. The number of anilines is 6. The van der Waals surface area contributed by atoms with E-state index < -0.39 is 0 Å². The van der Waals surface area contributed by atoms with Crippen molar-refractivity contribution in [1.29, 1.82) is 0 Å². The van der Waals surface area contributed by atoms with Crippen molar-refractivity contribution in [2.75, 3.05) is 9.80 Å². The average Bonchev–Trinajstić information content (AvgIpc) is 3.28. The minimum atomic E-state index is 1.09. The van der Waals surface area contributed by atoms with Gasteiger partial charge < -0.3 is 9.80 Å². The van der Waals surface area contributed by atoms with Gasteiger partial charge in [-0.2, -0.15) is 0 Å². The van der Waals surface area contributed by atoms with Crippen LogP contribution in [0.3, 0.4) is 0 Å². The lowest BCUT2D eigenvalue weighted by Gasteiger charge is -2.27. The Labute approximate surface area is 331 Å². The van der Waals surface area contributed by atoms with Gasteiger partial charge in [0.15, 0.2) is 0 Å². The van der Waals surface area contributed by atoms with E-state index in [1.54, 1.807) is 0 Å². The zero-order valence-electron chi connectivity index (χ0n) is 31.8. The van der Waals surface area contributed by atoms with Gasteiger partial charge in [-0.15, -0.1) is 0 Å². The minimum absolute atomic E-state index is 1.09. The summed E-state index contributed by atoms with van der Waals surface area (Å²) in [6, 6.07) is 76.0. The average molecular weight is 721 g/mol. The van der Waals surface area contributed by atoms with Crippen molar-refractivity contribution in [2.24, 2.45) is 0 Å². The summed E-state index contributed by atoms with van der Waals surface area (Å²) in [7, 11) is 0. The fourth-order valence-electron chi connectivity index (χ4n) is 7.31. The number of allylic oxidation sites excluding steroid dienone is 4. The Morgan fingerprint density at radius 3 is 1.11 bits per heavy atom. The third kappa shape index (κ3) is 7.87. The van der Waals surface area contributed by atoms with E-state index in [9.17, 15) is 0 Å². The van der Waals surface area contributed by atoms with Crippen LogP contribution in [0.5, 0.6) is 0 Å². The van der Waals surface area contributed by atoms with Crippen molar-refractivity contribution < 1.29 is 0 Å². The van der Waals surface area contributed by atoms with Crippen LogP contribution in [0.2, 0.25) is 0 Å². The van der Waals surface area contributed by atoms with Crippen LogP contribution < -0.4 is 9.80 Å². The van der Waals surface area contributed by atoms with E-state index in [4.69, 9.17) is 0 Å². The third-order valence-electron chi connectivity index (χ3n) is 10.2. The maximum Gasteiger partial charge on any atom is 0.0467 e. The Balaban J connectivity index is 1.14. The molecule has 0 radical (unpaired) electrons. The molecule has 2 heteroatoms. The van der Waals surface area contributed by atoms with Crippen LogP contribution >= 0.6 is 0 Å². The quantitative estimate of drug-likeness (QED) is 0.123. The van der Waals surface area contributed by atoms with Gasteiger partial charge in [-0.1, -0.05) is 158 Å². The minimum Gasteiger partial charge on any atom is -0.311 e. The third-order valence-corrected chi connectivity index (χ3v) is 10.2. The van der Waals surface area contributed by atoms with Crippen LogP contribution in [-0.4, -0.2) is 0 Å². The molecule has 0 amide bonds. The van der Waals surface area contributed by atoms with Crippen LogP contribution in [0, 0.1) is 0 Å². The highest BCUT2D eigenvalue weighted by molar-refractivity contribution is 5.84. The molecule has 0 atom stereocenters. The molecule has 0 bridgehead atoms. The van der Waals surface area contributed by atoms with Crippen molar-refractivity contribution in [2.45, 2.75) is 13.8 Å². The molecule has 2 nitrogen and oxygen atoms in total. The van der Waals surface area contributed by atoms with E-state index in [0.717, 1.165) is 45.3 Å². The normalized spacial score (nSPS) is 11.4. The van der Waals surface area contributed by atoms with E-state index >= 15 is 0 Å². The van der Waals surface area contributed by atoms with Gasteiger partial charge in [-0.3, -0.25) is 0 Å². The summed E-state index contributed by atoms with van der Waals surface area (Å²) in [5.74, 6) is 0. The second-order valence-corrected chi connectivity index (χ2v) is 13.7. The molecule has 8 aromatic carbocycles. The van der Waals surface area contributed by atoms with Gasteiger partial charge in [0.2, 0.25) is 0 Å². The summed E-state index contributed by atoms with van der Waals surface area (Å²) in [6.45, 7) is 4.15. The fraction of sp³-hybridized carbons (Fsp3) is 0.0370. The van der Waals surface area contributed by atoms with Gasteiger partial charge in [0.25, 0.3) is 0 Å². The number of hydrogen-bond acceptors (Lipinski definition) is 2. The fourth-order valence-corrected chi connectivity index (χ4v) is 7.31. The van der Waals surface area contributed by atoms with E-state index in [1.807, 2.05) is 0 Å². The second kappa shape index (κ2) is 16.9. The highest BCUT2D eigenvalue weighted by Gasteiger charge is 2.16. The first-order valence-electron chi connectivity index (χ1n) is 19.2. The lowest BCUT2D eigenvalue weighted by Crippen LogP contribution is -2.10. The molecule has 0 aliphatic heterocycles. The van der Waals surface area contributed by atoms with Gasteiger partial charge in [-0.25, -0.2) is 0 Å². The van der Waals surface area contributed by atoms with Crippen molar-refractivity contribution in [1.82, 2.24) is 0 Å². The summed E-state index contributed by atoms with van der Waals surface area (Å²) < 4.78 is 0. The Kier molecular flexibility index (Phi) is 10.8. The van der Waals surface area contributed by atoms with Crippen LogP contribution in [0.4, 0.5) is 34.1 Å². The lowest BCUT2D eigenvalue weighted by atomic mass is 10.0. The van der Waals surface area contributed by atoms with Crippen molar-refractivity contribution in [3.05, 3.63) is 236 Å². The van der Waals surface area contributed by atoms with E-state index in [1.165, 1.54) is 33.4 Å². The summed E-state index contributed by atoms with van der Waals surface area (Å²) in [6.07, 6.45) is 6.40. The predicted octanol–water partition coefficient (Wildman–Crippen LogP) is 15.6. The van der Waals surface area contributed by atoms with Crippen molar-refractivity contribution in [3.63, 3.8) is 0 Å². The SMILES string of the molecule is C/C=C\C(=C/C)c1ccc(N(c2ccc(-c3ccccc3)cc2)c2cccc(-c3ccc(N(c4ccccc4)c4ccc(-c5ccccc5)cc4)cc3)c2)cc1. The number of nitrogens with zero attached hydrogens (tertiary/aromatic N) is 2. The summed E-state index contributed by atoms with van der Waals surface area (Å²) in [5, 5.41) is 0. The highest BCUT2D eigenvalue weighted by atomic mass is 15.1. The van der Waals surface area contributed by atoms with E-state index in [2.05, 4.69) is 254 Å². The molecule has 8 rings (SSSR count). The van der Waals surface area contributed by atoms with E-state index in [0.29, 0.717) is 0 Å². The molecule has 0 spiro atoms. The monoisotopic (exact) mass is 720 g/mol. The van der Waals surface area contributed by atoms with Crippen LogP contribution in [-0.2, 0) is 0 Å². The molecule has 0 N–H and O–H groups in total. The molecular weight excluding hydrogens is 677 g/mol. The Hall–Kier alpha value is -7.16. The zero-order chi connectivity index (χ0) is 38.1. The Bertz CT molecular complexity index is 2540. The van der Waals surface area contributed by atoms with Crippen LogP contribution in [0.15, 0.2) is 231 Å². The smallest absolute Gasteiger partial charge is 0.0467 e. The van der Waals surface area contributed by atoms with Gasteiger partial charge in [0.1, 0.15) is 0 Å². The molecule has 0 aliphatic rings. The second-order valence-electron chi connectivity index (χ2n) is 13.7. The standard InChI is InChI=1S/C54H44N2/c1-3-15-41(4-2)44-24-32-52(33-25-44)56(53-36-28-46(29-37-53)43-18-10-6-11-19-43)54-23-14-20-48(40-54)47-30-38-51(39-31-47)55(49-21-12-7-13-22-49)50-34-26-45(27-35-50)42-16-8-5-9-17-42/h3-40H,1-2H3/b15-3-,41-4+. The zero-order valence-corrected chi connectivity index (χ0v) is 31.8. The van der Waals surface area contributed by atoms with Gasteiger partial charge in [0, 0.05) is 34.1 Å². The van der Waals surface area contributed by atoms with Crippen molar-refractivity contribution in [3.8, 4) is 33.4 Å². The maximum absolute atomic E-state index is 2.34. The molecule has 8 aromatic rings. The Morgan fingerprint density at radius 1 is 0.321 bits per heavy atom. The molecule has 0 aromatic heterocycles. The van der Waals surface area contributed by atoms with Gasteiger partial charge in [0.05, 0.1) is 0 Å². The van der Waals surface area contributed by atoms with Crippen LogP contribution in [0.1, 0.15) is 19.4 Å². The first-order chi connectivity index (χ1) is 27.7. The molecule has 0 saturated carbocycles. The molecule has 56 heavy (non-hydrogen) atoms. The molecule has 270 valence electrons. The Morgan fingerprint density at radius 2 is 0.661 bits per heavy atom. The molecule has 0 saturated heterocycles. The molecule has 0 heterocycles. The lowest BCUT2D eigenvalue weighted by molar-refractivity contribution is 1.28. The summed E-state index contributed by atoms with van der Waals surface area (Å²) in [5.41, 5.74) is 16.1. The van der Waals surface area contributed by atoms with Crippen molar-refractivity contribution >= 4 is 39.7 Å². The first kappa shape index (κ1) is 35.8. The maximum atomic E-state index is 2.34. The first-order valence-corrected chi connectivity index (χ1v) is 19.2. The number of hydrogen-bond donors (Lipinski definition) is 0. The highest BCUT2D eigenvalue weighted by Crippen LogP contribution is 2.40. The predicted molar refractivity (Wildman–Crippen MR) is 241 cm³/mol.